The highest BCUT2D eigenvalue weighted by Gasteiger charge is 2.56. The summed E-state index contributed by atoms with van der Waals surface area (Å²) in [5.74, 6) is -1.85. The Labute approximate surface area is 252 Å². The fourth-order valence-corrected chi connectivity index (χ4v) is 7.75. The average Bonchev–Trinajstić information content (AvgIpc) is 3.51. The Hall–Kier alpha value is -4.62. The number of carbonyl (C=O) groups is 3. The third-order valence-electron chi connectivity index (χ3n) is 7.19. The van der Waals surface area contributed by atoms with Gasteiger partial charge < -0.3 is 24.5 Å². The van der Waals surface area contributed by atoms with Crippen LogP contribution in [-0.4, -0.2) is 48.8 Å². The number of methoxy groups -OCH3 is 2. The van der Waals surface area contributed by atoms with Gasteiger partial charge in [-0.2, -0.15) is 0 Å². The Morgan fingerprint density at radius 1 is 0.953 bits per heavy atom. The molecule has 10 nitrogen and oxygen atoms in total. The molecule has 0 saturated carbocycles. The number of hydrogen-bond acceptors (Lipinski definition) is 9. The van der Waals surface area contributed by atoms with E-state index < -0.39 is 28.8 Å². The number of halogens is 1. The van der Waals surface area contributed by atoms with Crippen LogP contribution in [0.1, 0.15) is 16.4 Å². The highest BCUT2D eigenvalue weighted by molar-refractivity contribution is 8.00. The second-order valence-corrected chi connectivity index (χ2v) is 11.9. The summed E-state index contributed by atoms with van der Waals surface area (Å²) in [6.07, 6.45) is 0. The van der Waals surface area contributed by atoms with Crippen molar-refractivity contribution in [2.75, 3.05) is 31.0 Å². The summed E-state index contributed by atoms with van der Waals surface area (Å²) >= 11 is 2.19. The maximum absolute atomic E-state index is 13.9. The van der Waals surface area contributed by atoms with Crippen molar-refractivity contribution in [2.24, 2.45) is 5.92 Å². The molecule has 3 heterocycles. The summed E-state index contributed by atoms with van der Waals surface area (Å²) in [6.45, 7) is -0.342. The van der Waals surface area contributed by atoms with Crippen molar-refractivity contribution in [3.05, 3.63) is 92.7 Å². The molecule has 0 aliphatic carbocycles. The van der Waals surface area contributed by atoms with Gasteiger partial charge in [-0.3, -0.25) is 19.2 Å². The SMILES string of the molecule is COc1ccc(N2C(=O)C3Sc4[nH]c(=O)sc4C(c4ccc(OCC(=O)Nc5ccc(F)cc5)c(OC)c4)C3C2=O)cc1. The Balaban J connectivity index is 1.29. The van der Waals surface area contributed by atoms with Crippen molar-refractivity contribution >= 4 is 52.2 Å². The number of ether oxygens (including phenoxy) is 3. The number of amides is 3. The minimum atomic E-state index is -0.781. The number of fused-ring (bicyclic) bond motifs is 2. The molecule has 1 aromatic heterocycles. The Morgan fingerprint density at radius 2 is 1.70 bits per heavy atom. The van der Waals surface area contributed by atoms with E-state index in [1.807, 2.05) is 0 Å². The van der Waals surface area contributed by atoms with Crippen LogP contribution in [0.25, 0.3) is 0 Å². The van der Waals surface area contributed by atoms with Gasteiger partial charge >= 0.3 is 4.87 Å². The van der Waals surface area contributed by atoms with Crippen LogP contribution in [-0.2, 0) is 14.4 Å². The zero-order valence-electron chi connectivity index (χ0n) is 22.8. The van der Waals surface area contributed by atoms with E-state index in [0.717, 1.165) is 11.3 Å². The molecule has 2 N–H and O–H groups in total. The number of hydrogen-bond donors (Lipinski definition) is 2. The van der Waals surface area contributed by atoms with Gasteiger partial charge in [0.2, 0.25) is 11.8 Å². The van der Waals surface area contributed by atoms with Gasteiger partial charge in [-0.1, -0.05) is 29.2 Å². The number of rotatable bonds is 8. The second kappa shape index (κ2) is 11.6. The number of anilines is 2. The zero-order chi connectivity index (χ0) is 30.2. The fourth-order valence-electron chi connectivity index (χ4n) is 5.23. The standard InChI is InChI=1S/C30H24FN3O7S2/c1-39-19-10-8-18(9-11-19)34-28(36)24-23(25-27(33-30(38)43-25)42-26(24)29(34)37)15-3-12-20(21(13-15)40-2)41-14-22(35)32-17-6-4-16(31)5-7-17/h3-13,23-24,26H,14H2,1-2H3,(H,32,35)(H,33,38). The predicted octanol–water partition coefficient (Wildman–Crippen LogP) is 4.41. The van der Waals surface area contributed by atoms with E-state index in [4.69, 9.17) is 14.2 Å². The van der Waals surface area contributed by atoms with Crippen molar-refractivity contribution in [1.29, 1.82) is 0 Å². The van der Waals surface area contributed by atoms with Gasteiger partial charge in [0.1, 0.15) is 16.8 Å². The van der Waals surface area contributed by atoms with E-state index in [9.17, 15) is 23.6 Å². The molecule has 43 heavy (non-hydrogen) atoms. The van der Waals surface area contributed by atoms with E-state index in [2.05, 4.69) is 10.3 Å². The van der Waals surface area contributed by atoms with E-state index in [-0.39, 0.29) is 29.0 Å². The number of thiazole rings is 1. The summed E-state index contributed by atoms with van der Waals surface area (Å²) < 4.78 is 29.6. The first kappa shape index (κ1) is 28.5. The van der Waals surface area contributed by atoms with Crippen LogP contribution in [0.15, 0.2) is 76.6 Å². The van der Waals surface area contributed by atoms with E-state index in [1.165, 1.54) is 55.1 Å². The van der Waals surface area contributed by atoms with Gasteiger partial charge in [-0.15, -0.1) is 0 Å². The lowest BCUT2D eigenvalue weighted by Gasteiger charge is -2.30. The average molecular weight is 622 g/mol. The minimum Gasteiger partial charge on any atom is -0.497 e. The highest BCUT2D eigenvalue weighted by atomic mass is 32.2. The molecule has 1 fully saturated rings. The topological polar surface area (TPSA) is 127 Å². The summed E-state index contributed by atoms with van der Waals surface area (Å²) in [5.41, 5.74) is 1.49. The number of nitrogens with zero attached hydrogens (tertiary/aromatic N) is 1. The van der Waals surface area contributed by atoms with Gasteiger partial charge in [-0.05, 0) is 66.2 Å². The molecule has 2 aliphatic rings. The largest absolute Gasteiger partial charge is 0.497 e. The maximum Gasteiger partial charge on any atom is 0.305 e. The molecular weight excluding hydrogens is 597 g/mol. The summed E-state index contributed by atoms with van der Waals surface area (Å²) in [6, 6.07) is 17.1. The Morgan fingerprint density at radius 3 is 2.40 bits per heavy atom. The molecule has 0 spiro atoms. The van der Waals surface area contributed by atoms with Gasteiger partial charge in [0, 0.05) is 16.5 Å². The van der Waals surface area contributed by atoms with Crippen LogP contribution in [0.2, 0.25) is 0 Å². The first-order valence-corrected chi connectivity index (χ1v) is 14.7. The Kier molecular flexibility index (Phi) is 7.67. The smallest absolute Gasteiger partial charge is 0.305 e. The zero-order valence-corrected chi connectivity index (χ0v) is 24.4. The van der Waals surface area contributed by atoms with Gasteiger partial charge in [-0.25, -0.2) is 9.29 Å². The quantitative estimate of drug-likeness (QED) is 0.277. The summed E-state index contributed by atoms with van der Waals surface area (Å²) in [7, 11) is 2.98. The van der Waals surface area contributed by atoms with E-state index in [1.54, 1.807) is 42.5 Å². The molecule has 3 amide bonds. The summed E-state index contributed by atoms with van der Waals surface area (Å²) in [5, 5.41) is 2.42. The van der Waals surface area contributed by atoms with Crippen molar-refractivity contribution in [3.8, 4) is 17.2 Å². The van der Waals surface area contributed by atoms with Crippen molar-refractivity contribution in [2.45, 2.75) is 16.2 Å². The van der Waals surface area contributed by atoms with E-state index in [0.29, 0.717) is 38.3 Å². The fraction of sp³-hybridized carbons (Fsp3) is 0.200. The number of benzene rings is 3. The number of aromatic amines is 1. The third-order valence-corrected chi connectivity index (χ3v) is 9.59. The highest BCUT2D eigenvalue weighted by Crippen LogP contribution is 2.53. The van der Waals surface area contributed by atoms with Crippen molar-refractivity contribution < 1.29 is 33.0 Å². The van der Waals surface area contributed by atoms with Crippen molar-refractivity contribution in [1.82, 2.24) is 4.98 Å². The van der Waals surface area contributed by atoms with Crippen LogP contribution in [0.3, 0.4) is 0 Å². The normalized spacial score (nSPS) is 19.0. The number of nitrogens with one attached hydrogen (secondary N) is 2. The number of carbonyl (C=O) groups excluding carboxylic acids is 3. The van der Waals surface area contributed by atoms with Crippen LogP contribution in [0.4, 0.5) is 15.8 Å². The number of H-pyrrole nitrogens is 1. The monoisotopic (exact) mass is 621 g/mol. The number of imide groups is 1. The van der Waals surface area contributed by atoms with Crippen molar-refractivity contribution in [3.63, 3.8) is 0 Å². The molecule has 13 heteroatoms. The van der Waals surface area contributed by atoms with Gasteiger partial charge in [0.25, 0.3) is 5.91 Å². The Bertz CT molecular complexity index is 1770. The first-order valence-electron chi connectivity index (χ1n) is 13.0. The molecule has 3 aromatic carbocycles. The van der Waals surface area contributed by atoms with Gasteiger partial charge in [0.05, 0.1) is 30.9 Å². The molecule has 2 aliphatic heterocycles. The lowest BCUT2D eigenvalue weighted by atomic mass is 9.83. The number of thioether (sulfide) groups is 1. The molecule has 1 saturated heterocycles. The molecule has 0 radical (unpaired) electrons. The molecule has 3 unspecified atom stereocenters. The lowest BCUT2D eigenvalue weighted by molar-refractivity contribution is -0.122. The molecule has 6 rings (SSSR count). The second-order valence-electron chi connectivity index (χ2n) is 9.71. The number of aromatic nitrogens is 1. The van der Waals surface area contributed by atoms with Crippen LogP contribution in [0, 0.1) is 11.7 Å². The van der Waals surface area contributed by atoms with Crippen LogP contribution < -0.4 is 29.3 Å². The third kappa shape index (κ3) is 5.37. The lowest BCUT2D eigenvalue weighted by Crippen LogP contribution is -2.32. The molecule has 3 atom stereocenters. The minimum absolute atomic E-state index is 0.276. The molecular formula is C30H24FN3O7S2. The van der Waals surface area contributed by atoms with Crippen LogP contribution in [0.5, 0.6) is 17.2 Å². The van der Waals surface area contributed by atoms with Crippen LogP contribution >= 0.6 is 23.1 Å². The first-order chi connectivity index (χ1) is 20.8. The molecule has 220 valence electrons. The summed E-state index contributed by atoms with van der Waals surface area (Å²) in [4.78, 5) is 56.8. The molecule has 0 bridgehead atoms. The van der Waals surface area contributed by atoms with E-state index >= 15 is 0 Å². The molecule has 4 aromatic rings. The van der Waals surface area contributed by atoms with Gasteiger partial charge in [0.15, 0.2) is 18.1 Å². The predicted molar refractivity (Wildman–Crippen MR) is 159 cm³/mol. The maximum atomic E-state index is 13.9.